The molecule has 6 amide bonds. The molecule has 0 aromatic heterocycles. The second-order valence-corrected chi connectivity index (χ2v) is 18.1. The Labute approximate surface area is 392 Å². The molecule has 0 aliphatic carbocycles. The Kier molecular flexibility index (Phi) is 15.6. The smallest absolute Gasteiger partial charge is 0.255 e. The van der Waals surface area contributed by atoms with Gasteiger partial charge in [-0.15, -0.1) is 12.4 Å². The molecule has 4 aromatic carbocycles. The van der Waals surface area contributed by atoms with Crippen LogP contribution in [0.1, 0.15) is 133 Å². The summed E-state index contributed by atoms with van der Waals surface area (Å²) in [5.74, 6) is -0.398. The minimum absolute atomic E-state index is 0. The van der Waals surface area contributed by atoms with Crippen LogP contribution in [0, 0.1) is 13.8 Å². The van der Waals surface area contributed by atoms with Crippen LogP contribution < -0.4 is 16.0 Å². The highest BCUT2D eigenvalue weighted by molar-refractivity contribution is 6.06. The number of rotatable bonds is 7. The lowest BCUT2D eigenvalue weighted by Crippen LogP contribution is -2.52. The second kappa shape index (κ2) is 21.5. The number of carbonyl (C=O) groups excluding carboxylic acids is 7. The molecule has 6 heterocycles. The van der Waals surface area contributed by atoms with Crippen LogP contribution in [0.15, 0.2) is 84.9 Å². The lowest BCUT2D eigenvalue weighted by atomic mass is 9.87. The fourth-order valence-corrected chi connectivity index (χ4v) is 10.0. The van der Waals surface area contributed by atoms with Gasteiger partial charge in [0.25, 0.3) is 11.8 Å². The highest BCUT2D eigenvalue weighted by Crippen LogP contribution is 2.35. The summed E-state index contributed by atoms with van der Waals surface area (Å²) in [4.78, 5) is 88.7. The quantitative estimate of drug-likeness (QED) is 0.143. The topological polar surface area (TPSA) is 165 Å². The third kappa shape index (κ3) is 10.8. The van der Waals surface area contributed by atoms with E-state index in [9.17, 15) is 33.6 Å². The average molecular weight is 916 g/mol. The van der Waals surface area contributed by atoms with Gasteiger partial charge in [-0.3, -0.25) is 49.1 Å². The van der Waals surface area contributed by atoms with Gasteiger partial charge in [-0.05, 0) is 141 Å². The summed E-state index contributed by atoms with van der Waals surface area (Å²) in [5.41, 5.74) is 10.5. The molecule has 4 saturated heterocycles. The van der Waals surface area contributed by atoms with E-state index in [1.54, 1.807) is 9.80 Å². The molecule has 10 rings (SSSR count). The van der Waals surface area contributed by atoms with E-state index in [-0.39, 0.29) is 60.7 Å². The molecular formula is C52H59ClN6O7. The van der Waals surface area contributed by atoms with Gasteiger partial charge in [-0.1, -0.05) is 72.8 Å². The number of amides is 6. The van der Waals surface area contributed by atoms with E-state index in [1.807, 2.05) is 43.3 Å². The summed E-state index contributed by atoms with van der Waals surface area (Å²) < 4.78 is 0. The summed E-state index contributed by atoms with van der Waals surface area (Å²) >= 11 is 0. The van der Waals surface area contributed by atoms with E-state index in [0.29, 0.717) is 48.9 Å². The number of piperidine rings is 4. The molecule has 346 valence electrons. The van der Waals surface area contributed by atoms with Gasteiger partial charge in [-0.2, -0.15) is 0 Å². The highest BCUT2D eigenvalue weighted by atomic mass is 35.5. The Balaban J connectivity index is 0.000000167. The van der Waals surface area contributed by atoms with E-state index < -0.39 is 12.1 Å². The van der Waals surface area contributed by atoms with Crippen LogP contribution in [0.25, 0.3) is 0 Å². The molecule has 0 radical (unpaired) electrons. The Bertz CT molecular complexity index is 2500. The second-order valence-electron chi connectivity index (χ2n) is 18.1. The van der Waals surface area contributed by atoms with Crippen molar-refractivity contribution in [3.63, 3.8) is 0 Å². The van der Waals surface area contributed by atoms with Gasteiger partial charge < -0.3 is 15.1 Å². The lowest BCUT2D eigenvalue weighted by Gasteiger charge is -2.32. The van der Waals surface area contributed by atoms with Crippen LogP contribution in [0.5, 0.6) is 0 Å². The van der Waals surface area contributed by atoms with Gasteiger partial charge in [0, 0.05) is 49.2 Å². The SMILES string of the molecule is Cc1ccccc1C=O.Cc1ccccc1CN1CCC(c2ccc3c(c2)CN(C2CCC(=O)NC2=O)C3=O)CC1.Cl.O=C1CCC(N2Cc3cc(C4CCNCC4)ccc3C2=O)C(=O)N1. The molecule has 0 spiro atoms. The van der Waals surface area contributed by atoms with Crippen molar-refractivity contribution in [2.75, 3.05) is 26.2 Å². The third-order valence-electron chi connectivity index (χ3n) is 13.9. The Morgan fingerprint density at radius 2 is 1.08 bits per heavy atom. The van der Waals surface area contributed by atoms with Crippen LogP contribution in [0.3, 0.4) is 0 Å². The van der Waals surface area contributed by atoms with Crippen LogP contribution in [0.2, 0.25) is 0 Å². The first-order valence-corrected chi connectivity index (χ1v) is 23.0. The van der Waals surface area contributed by atoms with Gasteiger partial charge >= 0.3 is 0 Å². The first-order chi connectivity index (χ1) is 31.5. The van der Waals surface area contributed by atoms with Crippen LogP contribution in [-0.4, -0.2) is 94.7 Å². The summed E-state index contributed by atoms with van der Waals surface area (Å²) in [6.07, 6.45) is 6.69. The molecule has 0 bridgehead atoms. The van der Waals surface area contributed by atoms with Gasteiger partial charge in [0.1, 0.15) is 18.4 Å². The van der Waals surface area contributed by atoms with Crippen molar-refractivity contribution in [1.29, 1.82) is 0 Å². The van der Waals surface area contributed by atoms with Crippen LogP contribution in [0.4, 0.5) is 0 Å². The normalized spacial score (nSPS) is 21.1. The van der Waals surface area contributed by atoms with Crippen molar-refractivity contribution >= 4 is 54.1 Å². The Morgan fingerprint density at radius 1 is 0.591 bits per heavy atom. The maximum absolute atomic E-state index is 12.9. The van der Waals surface area contributed by atoms with Gasteiger partial charge in [-0.25, -0.2) is 0 Å². The number of imide groups is 2. The van der Waals surface area contributed by atoms with Crippen LogP contribution in [-0.2, 0) is 38.8 Å². The van der Waals surface area contributed by atoms with Gasteiger partial charge in [0.05, 0.1) is 0 Å². The van der Waals surface area contributed by atoms with E-state index >= 15 is 0 Å². The summed E-state index contributed by atoms with van der Waals surface area (Å²) in [6.45, 7) is 10.2. The van der Waals surface area contributed by atoms with Crippen molar-refractivity contribution in [2.24, 2.45) is 0 Å². The van der Waals surface area contributed by atoms with Crippen molar-refractivity contribution in [2.45, 2.75) is 109 Å². The maximum atomic E-state index is 12.9. The van der Waals surface area contributed by atoms with Crippen molar-refractivity contribution in [1.82, 2.24) is 30.7 Å². The molecule has 2 unspecified atom stereocenters. The monoisotopic (exact) mass is 914 g/mol. The van der Waals surface area contributed by atoms with E-state index in [2.05, 4.69) is 76.3 Å². The molecule has 2 atom stereocenters. The number of hydrogen-bond donors (Lipinski definition) is 3. The Morgan fingerprint density at radius 3 is 1.55 bits per heavy atom. The molecule has 4 fully saturated rings. The molecular weight excluding hydrogens is 856 g/mol. The number of likely N-dealkylation sites (tertiary alicyclic amines) is 1. The fraction of sp³-hybridized carbons (Fsp3) is 0.404. The zero-order chi connectivity index (χ0) is 45.6. The molecule has 4 aromatic rings. The Hall–Kier alpha value is -6.02. The fourth-order valence-electron chi connectivity index (χ4n) is 10.0. The number of aryl methyl sites for hydroxylation is 2. The maximum Gasteiger partial charge on any atom is 0.255 e. The number of nitrogens with zero attached hydrogens (tertiary/aromatic N) is 3. The third-order valence-corrected chi connectivity index (χ3v) is 13.9. The van der Waals surface area contributed by atoms with E-state index in [0.717, 1.165) is 86.9 Å². The first-order valence-electron chi connectivity index (χ1n) is 23.0. The number of hydrogen-bond acceptors (Lipinski definition) is 9. The van der Waals surface area contributed by atoms with Crippen molar-refractivity contribution in [3.8, 4) is 0 Å². The summed E-state index contributed by atoms with van der Waals surface area (Å²) in [7, 11) is 0. The number of carbonyl (C=O) groups is 7. The van der Waals surface area contributed by atoms with Crippen molar-refractivity contribution < 1.29 is 33.6 Å². The van der Waals surface area contributed by atoms with Gasteiger partial charge in [0.15, 0.2) is 0 Å². The molecule has 6 aliphatic heterocycles. The molecule has 6 aliphatic rings. The van der Waals surface area contributed by atoms with Crippen molar-refractivity contribution in [3.05, 3.63) is 141 Å². The standard InChI is InChI=1S/C26H29N3O3.C18H21N3O3.C8H8O.ClH/c1-17-4-2-3-5-20(17)15-28-12-10-18(11-13-28)19-6-7-22-21(14-19)16-29(26(22)32)23-8-9-24(30)27-25(23)31;22-16-4-3-15(17(23)20-16)21-10-13-9-12(1-2-14(13)18(21)24)11-5-7-19-8-6-11;1-7-4-2-3-5-8(7)6-9;/h2-7,14,18,23H,8-13,15-16H2,1H3,(H,27,30,31);1-2,9,11,15,19H,3-8,10H2,(H,20,22,23);2-6H,1H3;1H. The zero-order valence-corrected chi connectivity index (χ0v) is 38.5. The lowest BCUT2D eigenvalue weighted by molar-refractivity contribution is -0.138. The number of benzene rings is 4. The predicted molar refractivity (Wildman–Crippen MR) is 252 cm³/mol. The van der Waals surface area contributed by atoms with Gasteiger partial charge in [0.2, 0.25) is 23.6 Å². The molecule has 66 heavy (non-hydrogen) atoms. The van der Waals surface area contributed by atoms with E-state index in [1.165, 1.54) is 22.3 Å². The minimum Gasteiger partial charge on any atom is -0.322 e. The molecule has 0 saturated carbocycles. The van der Waals surface area contributed by atoms with Crippen LogP contribution >= 0.6 is 12.4 Å². The summed E-state index contributed by atoms with van der Waals surface area (Å²) in [6, 6.07) is 27.3. The minimum atomic E-state index is -0.555. The zero-order valence-electron chi connectivity index (χ0n) is 37.7. The number of halogens is 1. The summed E-state index contributed by atoms with van der Waals surface area (Å²) in [5, 5.41) is 8.07. The predicted octanol–water partition coefficient (Wildman–Crippen LogP) is 6.28. The highest BCUT2D eigenvalue weighted by Gasteiger charge is 2.41. The molecule has 13 nitrogen and oxygen atoms in total. The number of fused-ring (bicyclic) bond motifs is 2. The number of nitrogens with one attached hydrogen (secondary N) is 3. The average Bonchev–Trinajstić information content (AvgIpc) is 3.82. The number of aldehydes is 1. The van der Waals surface area contributed by atoms with E-state index in [4.69, 9.17) is 0 Å². The molecule has 3 N–H and O–H groups in total. The largest absolute Gasteiger partial charge is 0.322 e. The molecule has 14 heteroatoms. The first kappa shape index (κ1) is 47.9.